The first-order chi connectivity index (χ1) is 63.5. The number of aryl methyl sites for hydroxylation is 7. The second-order valence-corrected chi connectivity index (χ2v) is 33.3. The molecule has 0 heterocycles. The number of rotatable bonds is 35. The molecule has 10 aromatic carbocycles. The molecule has 135 heavy (non-hydrogen) atoms. The molecular formula is C102H106ClF9O19S4. The van der Waals surface area contributed by atoms with Crippen molar-refractivity contribution in [2.45, 2.75) is 146 Å². The maximum atomic E-state index is 12.6. The Hall–Kier alpha value is -12.6. The number of Topliss-reactive ketones (excluding diaryl/α,β-unsaturated/α-hetero) is 3. The molecule has 0 saturated heterocycles. The number of ketones is 3. The average molecular weight is 1970 g/mol. The predicted octanol–water partition coefficient (Wildman–Crippen LogP) is 26.4. The molecule has 10 rings (SSSR count). The summed E-state index contributed by atoms with van der Waals surface area (Å²) in [6, 6.07) is 56.8. The summed E-state index contributed by atoms with van der Waals surface area (Å²) in [5, 5.41) is 17.2. The van der Waals surface area contributed by atoms with Crippen molar-refractivity contribution in [1.29, 1.82) is 0 Å². The number of carboxylic acid groups (broad SMARTS) is 1. The predicted molar refractivity (Wildman–Crippen MR) is 512 cm³/mol. The van der Waals surface area contributed by atoms with Gasteiger partial charge in [0.2, 0.25) is 5.24 Å². The number of carbonyl (C=O) groups is 8. The van der Waals surface area contributed by atoms with Crippen molar-refractivity contribution in [3.8, 4) is 57.5 Å². The summed E-state index contributed by atoms with van der Waals surface area (Å²) in [6.07, 6.45) is -8.37. The van der Waals surface area contributed by atoms with Crippen LogP contribution in [0.2, 0.25) is 0 Å². The second-order valence-electron chi connectivity index (χ2n) is 28.8. The highest BCUT2D eigenvalue weighted by atomic mass is 35.5. The summed E-state index contributed by atoms with van der Waals surface area (Å²) in [4.78, 5) is 90.1. The average Bonchev–Trinajstić information content (AvgIpc) is 0.875. The van der Waals surface area contributed by atoms with E-state index in [4.69, 9.17) is 64.4 Å². The number of thiol groups is 1. The lowest BCUT2D eigenvalue weighted by atomic mass is 10.2. The minimum absolute atomic E-state index is 0.0170. The maximum absolute atomic E-state index is 12.6. The van der Waals surface area contributed by atoms with Gasteiger partial charge in [-0.05, 0) is 292 Å². The number of benzene rings is 10. The summed E-state index contributed by atoms with van der Waals surface area (Å²) in [5.74, 6) is 4.92. The fourth-order valence-electron chi connectivity index (χ4n) is 9.94. The van der Waals surface area contributed by atoms with E-state index in [1.807, 2.05) is 152 Å². The van der Waals surface area contributed by atoms with Crippen molar-refractivity contribution in [3.63, 3.8) is 0 Å². The van der Waals surface area contributed by atoms with Gasteiger partial charge in [-0.2, -0.15) is 39.5 Å². The Morgan fingerprint density at radius 2 is 0.652 bits per heavy atom. The Kier molecular flexibility index (Phi) is 52.9. The van der Waals surface area contributed by atoms with E-state index < -0.39 is 65.7 Å². The number of hydrogen-bond donors (Lipinski definition) is 3. The highest BCUT2D eigenvalue weighted by Crippen LogP contribution is 2.36. The number of halogens is 10. The summed E-state index contributed by atoms with van der Waals surface area (Å²) in [6.45, 7) is 33.8. The zero-order valence-corrected chi connectivity index (χ0v) is 80.1. The van der Waals surface area contributed by atoms with Gasteiger partial charge in [-0.15, -0.1) is 47.9 Å². The molecule has 19 nitrogen and oxygen atoms in total. The zero-order valence-electron chi connectivity index (χ0n) is 76.0. The van der Waals surface area contributed by atoms with E-state index in [2.05, 4.69) is 38.9 Å². The SMILES string of the molecule is C=C(CCSc1ccc(OCC(=O)O)c(C)c1)Oc1ccc(C(F)(F)F)cc1.C=C(CCSc1ccc(OCC(C)=O)c(C)c1)Oc1ccc(C(F)(F)F)cc1.C=CC(=O)Oc1ccc(C)cc1.C=CC(=O)Oc1ccc(C)cc1.CC(=O)COc1ccc(S)cc1C.CC(=O)COc1ccc(SCCC(=O)Oc2ccc(C(F)(F)F)cc2)cc1C.CCCC(=O)Cl.Cc1ccc(O)cc1. The van der Waals surface area contributed by atoms with Crippen LogP contribution < -0.4 is 42.6 Å². The van der Waals surface area contributed by atoms with E-state index in [0.717, 1.165) is 126 Å². The molecule has 0 saturated carbocycles. The lowest BCUT2D eigenvalue weighted by molar-refractivity contribution is -0.139. The molecule has 2 N–H and O–H groups in total. The van der Waals surface area contributed by atoms with Gasteiger partial charge in [0, 0.05) is 68.3 Å². The Labute approximate surface area is 803 Å². The van der Waals surface area contributed by atoms with Crippen LogP contribution in [0.25, 0.3) is 0 Å². The van der Waals surface area contributed by atoms with Gasteiger partial charge in [-0.1, -0.05) is 86.3 Å². The number of alkyl halides is 9. The van der Waals surface area contributed by atoms with Crippen LogP contribution in [-0.2, 0) is 56.9 Å². The Balaban J connectivity index is 0.000000417. The van der Waals surface area contributed by atoms with Gasteiger partial charge >= 0.3 is 42.4 Å². The molecule has 0 unspecified atom stereocenters. The van der Waals surface area contributed by atoms with E-state index in [0.29, 0.717) is 94.0 Å². The number of aromatic hydroxyl groups is 1. The van der Waals surface area contributed by atoms with E-state index >= 15 is 0 Å². The third-order valence-electron chi connectivity index (χ3n) is 16.7. The van der Waals surface area contributed by atoms with Gasteiger partial charge in [0.15, 0.2) is 24.0 Å². The normalized spacial score (nSPS) is 10.4. The number of thioether (sulfide) groups is 3. The number of phenols is 1. The minimum atomic E-state index is -4.43. The van der Waals surface area contributed by atoms with Gasteiger partial charge in [0.1, 0.15) is 77.3 Å². The number of allylic oxidation sites excluding steroid dienone is 2. The third-order valence-corrected chi connectivity index (χ3v) is 20.2. The molecule has 33 heteroatoms. The van der Waals surface area contributed by atoms with Gasteiger partial charge in [-0.3, -0.25) is 24.0 Å². The molecule has 10 aromatic rings. The van der Waals surface area contributed by atoms with Crippen LogP contribution in [0, 0.1) is 48.5 Å². The highest BCUT2D eigenvalue weighted by molar-refractivity contribution is 7.99. The van der Waals surface area contributed by atoms with Crippen LogP contribution in [0.5, 0.6) is 57.5 Å². The second kappa shape index (κ2) is 61.3. The van der Waals surface area contributed by atoms with Crippen molar-refractivity contribution in [3.05, 3.63) is 324 Å². The van der Waals surface area contributed by atoms with Crippen LogP contribution in [0.1, 0.15) is 115 Å². The van der Waals surface area contributed by atoms with Crippen molar-refractivity contribution >= 4 is 106 Å². The maximum Gasteiger partial charge on any atom is 0.416 e. The molecular weight excluding hydrogens is 1860 g/mol. The van der Waals surface area contributed by atoms with Crippen LogP contribution in [-0.4, -0.2) is 100 Å². The largest absolute Gasteiger partial charge is 0.508 e. The first-order valence-corrected chi connectivity index (χ1v) is 44.7. The van der Waals surface area contributed by atoms with Gasteiger partial charge < -0.3 is 52.8 Å². The number of hydrogen-bond acceptors (Lipinski definition) is 22. The van der Waals surface area contributed by atoms with Crippen molar-refractivity contribution in [2.24, 2.45) is 0 Å². The zero-order chi connectivity index (χ0) is 101. The molecule has 0 spiro atoms. The highest BCUT2D eigenvalue weighted by Gasteiger charge is 2.32. The molecule has 0 amide bonds. The van der Waals surface area contributed by atoms with Gasteiger partial charge in [0.05, 0.1) is 34.6 Å². The smallest absolute Gasteiger partial charge is 0.416 e. The topological polar surface area (TPSA) is 260 Å². The van der Waals surface area contributed by atoms with Crippen LogP contribution in [0.4, 0.5) is 39.5 Å². The van der Waals surface area contributed by atoms with Crippen molar-refractivity contribution in [1.82, 2.24) is 0 Å². The number of carbonyl (C=O) groups excluding carboxylic acids is 7. The molecule has 0 aliphatic heterocycles. The minimum Gasteiger partial charge on any atom is -0.508 e. The number of aliphatic carboxylic acids is 1. The van der Waals surface area contributed by atoms with Crippen molar-refractivity contribution < 1.29 is 131 Å². The summed E-state index contributed by atoms with van der Waals surface area (Å²) < 4.78 is 160. The lowest BCUT2D eigenvalue weighted by Gasteiger charge is -2.11. The molecule has 0 aromatic heterocycles. The molecule has 0 aliphatic rings. The third kappa shape index (κ3) is 52.0. The molecule has 0 atom stereocenters. The van der Waals surface area contributed by atoms with Crippen molar-refractivity contribution in [2.75, 3.05) is 43.7 Å². The lowest BCUT2D eigenvalue weighted by Crippen LogP contribution is -2.10. The number of ether oxygens (including phenoxy) is 9. The fourth-order valence-corrected chi connectivity index (χ4v) is 13.3. The number of esters is 3. The Morgan fingerprint density at radius 3 is 0.911 bits per heavy atom. The number of carboxylic acids is 1. The summed E-state index contributed by atoms with van der Waals surface area (Å²) >= 11 is 13.7. The molecule has 0 fully saturated rings. The molecule has 722 valence electrons. The Bertz CT molecular complexity index is 5060. The van der Waals surface area contributed by atoms with E-state index in [1.165, 1.54) is 62.4 Å². The van der Waals surface area contributed by atoms with E-state index in [9.17, 15) is 77.9 Å². The molecule has 0 radical (unpaired) electrons. The van der Waals surface area contributed by atoms with Crippen LogP contribution in [0.15, 0.2) is 288 Å². The van der Waals surface area contributed by atoms with Crippen LogP contribution >= 0.6 is 59.5 Å². The Morgan fingerprint density at radius 1 is 0.378 bits per heavy atom. The summed E-state index contributed by atoms with van der Waals surface area (Å²) in [7, 11) is 0. The fraction of sp³-hybridized carbons (Fsp3) is 0.255. The van der Waals surface area contributed by atoms with Crippen LogP contribution in [0.3, 0.4) is 0 Å². The molecule has 0 bridgehead atoms. The first-order valence-electron chi connectivity index (χ1n) is 41.0. The first kappa shape index (κ1) is 117. The van der Waals surface area contributed by atoms with E-state index in [1.54, 1.807) is 72.1 Å². The van der Waals surface area contributed by atoms with E-state index in [-0.39, 0.29) is 54.6 Å². The monoisotopic (exact) mass is 1970 g/mol. The number of phenolic OH excluding ortho intramolecular Hbond substituents is 1. The standard InChI is InChI=1S/C21H21F3O3S.2C20H19F3O4S.C10H12O2S.2C10H10O2.C7H8O.C4H7ClO/c1-14-12-19(8-9-20(14)26-13-15(2)25)28-11-10-16(3)27-18-6-4-17(5-7-18)21(22,23)24;1-13-11-17(7-8-18(13)26-12-14(2)24)28-10-9-19(25)27-16-5-3-15(4-6-16)20(21,22)23;1-13-11-17(7-8-18(13)26-12-19(24)25)28-10-9-14(2)27-16-5-3-15(4-6-16)20(21,22)23;1-7-5-9(13)3-4-10(7)12-6-8(2)11;2*1-3-10(11)12-9-6-4-8(2)5-7-9;1-6-2-4-7(8)5-3-6;1-2-3-4(5)6/h4-9,12H,3,10-11,13H2,1-2H3;3-8,11H,9-10,12H2,1-2H3;3-8,11H,2,9-10,12H2,1H3,(H,24,25);3-5,13H,6H2,1-2H3;2*3-7H,1H2,2H3;2-5,8H,1H3;2-3H2,1H3. The quantitative estimate of drug-likeness (QED) is 0.00487. The molecule has 0 aliphatic carbocycles. The van der Waals surface area contributed by atoms with Gasteiger partial charge in [-0.25, -0.2) is 14.4 Å². The van der Waals surface area contributed by atoms with Gasteiger partial charge in [0.25, 0.3) is 0 Å². The summed E-state index contributed by atoms with van der Waals surface area (Å²) in [5.41, 5.74) is 4.82.